The van der Waals surface area contributed by atoms with E-state index >= 15 is 0 Å². The van der Waals surface area contributed by atoms with Crippen LogP contribution in [0.25, 0.3) is 0 Å². The Kier molecular flexibility index (Phi) is 5.94. The van der Waals surface area contributed by atoms with Gasteiger partial charge in [0.05, 0.1) is 12.2 Å². The minimum absolute atomic E-state index is 0.133. The van der Waals surface area contributed by atoms with Crippen LogP contribution in [-0.4, -0.2) is 54.5 Å². The molecule has 0 bridgehead atoms. The first-order valence-corrected chi connectivity index (χ1v) is 7.73. The Morgan fingerprint density at radius 3 is 2.86 bits per heavy atom. The number of carbonyl (C=O) groups is 1. The van der Waals surface area contributed by atoms with Gasteiger partial charge in [-0.3, -0.25) is 4.90 Å². The van der Waals surface area contributed by atoms with Gasteiger partial charge in [-0.2, -0.15) is 0 Å². The van der Waals surface area contributed by atoms with Crippen LogP contribution < -0.4 is 0 Å². The molecule has 1 heterocycles. The summed E-state index contributed by atoms with van der Waals surface area (Å²) in [5.74, 6) is -0.889. The van der Waals surface area contributed by atoms with Crippen LogP contribution >= 0.6 is 0 Å². The second-order valence-corrected chi connectivity index (χ2v) is 6.18. The van der Waals surface area contributed by atoms with Crippen LogP contribution in [0.4, 0.5) is 0 Å². The Bertz CT molecular complexity index is 505. The topological polar surface area (TPSA) is 70.0 Å². The SMILES string of the molecule is COCC[C@@]1(CO)CCCN(Cc2ccccc2C(=O)O)C1. The quantitative estimate of drug-likeness (QED) is 0.806. The molecule has 0 unspecified atom stereocenters. The third-order valence-electron chi connectivity index (χ3n) is 4.55. The van der Waals surface area contributed by atoms with E-state index in [1.54, 1.807) is 19.2 Å². The van der Waals surface area contributed by atoms with Crippen LogP contribution in [0.2, 0.25) is 0 Å². The molecule has 5 heteroatoms. The molecule has 0 spiro atoms. The molecule has 1 aromatic rings. The van der Waals surface area contributed by atoms with Gasteiger partial charge in [0, 0.05) is 32.2 Å². The number of carboxylic acids is 1. The zero-order valence-corrected chi connectivity index (χ0v) is 13.1. The van der Waals surface area contributed by atoms with E-state index in [1.165, 1.54) is 0 Å². The molecule has 2 N–H and O–H groups in total. The van der Waals surface area contributed by atoms with Crippen LogP contribution in [0.15, 0.2) is 24.3 Å². The fraction of sp³-hybridized carbons (Fsp3) is 0.588. The first kappa shape index (κ1) is 16.9. The van der Waals surface area contributed by atoms with Gasteiger partial charge in [0.15, 0.2) is 0 Å². The number of carboxylic acid groups (broad SMARTS) is 1. The summed E-state index contributed by atoms with van der Waals surface area (Å²) in [5, 5.41) is 19.1. The van der Waals surface area contributed by atoms with E-state index < -0.39 is 5.97 Å². The summed E-state index contributed by atoms with van der Waals surface area (Å²) in [5.41, 5.74) is 1.06. The molecule has 1 aliphatic heterocycles. The number of rotatable bonds is 7. The lowest BCUT2D eigenvalue weighted by Gasteiger charge is -2.42. The number of hydrogen-bond acceptors (Lipinski definition) is 4. The first-order valence-electron chi connectivity index (χ1n) is 7.73. The molecule has 1 aromatic carbocycles. The summed E-state index contributed by atoms with van der Waals surface area (Å²) >= 11 is 0. The summed E-state index contributed by atoms with van der Waals surface area (Å²) in [4.78, 5) is 13.6. The number of ether oxygens (including phenoxy) is 1. The second-order valence-electron chi connectivity index (χ2n) is 6.18. The largest absolute Gasteiger partial charge is 0.478 e. The molecule has 1 saturated heterocycles. The number of methoxy groups -OCH3 is 1. The van der Waals surface area contributed by atoms with Gasteiger partial charge >= 0.3 is 5.97 Å². The monoisotopic (exact) mass is 307 g/mol. The van der Waals surface area contributed by atoms with Gasteiger partial charge in [0.25, 0.3) is 0 Å². The number of aromatic carboxylic acids is 1. The van der Waals surface area contributed by atoms with Crippen LogP contribution in [0.5, 0.6) is 0 Å². The molecular weight excluding hydrogens is 282 g/mol. The smallest absolute Gasteiger partial charge is 0.336 e. The summed E-state index contributed by atoms with van der Waals surface area (Å²) in [6.45, 7) is 3.11. The van der Waals surface area contributed by atoms with Gasteiger partial charge in [-0.1, -0.05) is 18.2 Å². The molecule has 22 heavy (non-hydrogen) atoms. The average molecular weight is 307 g/mol. The fourth-order valence-electron chi connectivity index (χ4n) is 3.28. The van der Waals surface area contributed by atoms with Crippen molar-refractivity contribution in [2.75, 3.05) is 33.4 Å². The predicted octanol–water partition coefficient (Wildman–Crippen LogP) is 2.00. The van der Waals surface area contributed by atoms with Crippen molar-refractivity contribution < 1.29 is 19.7 Å². The van der Waals surface area contributed by atoms with Crippen molar-refractivity contribution in [3.8, 4) is 0 Å². The van der Waals surface area contributed by atoms with Gasteiger partial charge in [-0.25, -0.2) is 4.79 Å². The molecule has 5 nitrogen and oxygen atoms in total. The number of piperidine rings is 1. The molecule has 0 saturated carbocycles. The van der Waals surface area contributed by atoms with Crippen LogP contribution in [0.1, 0.15) is 35.2 Å². The Morgan fingerprint density at radius 2 is 2.18 bits per heavy atom. The molecular formula is C17H25NO4. The standard InChI is InChI=1S/C17H25NO4/c1-22-10-8-17(13-19)7-4-9-18(12-17)11-14-5-2-3-6-15(14)16(20)21/h2-3,5-6,19H,4,7-13H2,1H3,(H,20,21)/t17-/m0/s1. The number of nitrogens with zero attached hydrogens (tertiary/aromatic N) is 1. The average Bonchev–Trinajstić information content (AvgIpc) is 2.53. The van der Waals surface area contributed by atoms with Crippen LogP contribution in [0, 0.1) is 5.41 Å². The lowest BCUT2D eigenvalue weighted by atomic mass is 9.78. The third-order valence-corrected chi connectivity index (χ3v) is 4.55. The fourth-order valence-corrected chi connectivity index (χ4v) is 3.28. The predicted molar refractivity (Wildman–Crippen MR) is 83.9 cm³/mol. The van der Waals surface area contributed by atoms with Gasteiger partial charge in [-0.05, 0) is 37.4 Å². The molecule has 122 valence electrons. The van der Waals surface area contributed by atoms with Gasteiger partial charge in [0.1, 0.15) is 0 Å². The highest BCUT2D eigenvalue weighted by molar-refractivity contribution is 5.89. The minimum atomic E-state index is -0.889. The van der Waals surface area contributed by atoms with E-state index in [0.29, 0.717) is 18.7 Å². The summed E-state index contributed by atoms with van der Waals surface area (Å²) in [6.07, 6.45) is 2.83. The van der Waals surface area contributed by atoms with E-state index in [9.17, 15) is 15.0 Å². The Balaban J connectivity index is 2.08. The van der Waals surface area contributed by atoms with Crippen LogP contribution in [0.3, 0.4) is 0 Å². The number of likely N-dealkylation sites (tertiary alicyclic amines) is 1. The number of hydrogen-bond donors (Lipinski definition) is 2. The first-order chi connectivity index (χ1) is 10.6. The zero-order chi connectivity index (χ0) is 16.0. The maximum absolute atomic E-state index is 11.3. The Hall–Kier alpha value is -1.43. The van der Waals surface area contributed by atoms with Crippen molar-refractivity contribution in [2.24, 2.45) is 5.41 Å². The van der Waals surface area contributed by atoms with E-state index in [2.05, 4.69) is 4.90 Å². The maximum Gasteiger partial charge on any atom is 0.336 e. The van der Waals surface area contributed by atoms with Crippen LogP contribution in [-0.2, 0) is 11.3 Å². The highest BCUT2D eigenvalue weighted by atomic mass is 16.5. The molecule has 1 atom stereocenters. The third kappa shape index (κ3) is 4.06. The van der Waals surface area contributed by atoms with Crippen molar-refractivity contribution in [2.45, 2.75) is 25.8 Å². The molecule has 2 rings (SSSR count). The van der Waals surface area contributed by atoms with E-state index in [0.717, 1.165) is 37.9 Å². The maximum atomic E-state index is 11.3. The molecule has 1 fully saturated rings. The van der Waals surface area contributed by atoms with Gasteiger partial charge < -0.3 is 14.9 Å². The lowest BCUT2D eigenvalue weighted by Crippen LogP contribution is -2.45. The van der Waals surface area contributed by atoms with E-state index in [1.807, 2.05) is 12.1 Å². The number of aliphatic hydroxyl groups excluding tert-OH is 1. The van der Waals surface area contributed by atoms with Gasteiger partial charge in [-0.15, -0.1) is 0 Å². The zero-order valence-electron chi connectivity index (χ0n) is 13.1. The second kappa shape index (κ2) is 7.72. The number of benzene rings is 1. The van der Waals surface area contributed by atoms with Crippen molar-refractivity contribution >= 4 is 5.97 Å². The molecule has 0 aliphatic carbocycles. The summed E-state index contributed by atoms with van der Waals surface area (Å²) in [6, 6.07) is 7.13. The molecule has 0 radical (unpaired) electrons. The minimum Gasteiger partial charge on any atom is -0.478 e. The Labute approximate surface area is 131 Å². The van der Waals surface area contributed by atoms with Gasteiger partial charge in [0.2, 0.25) is 0 Å². The van der Waals surface area contributed by atoms with Crippen molar-refractivity contribution in [3.05, 3.63) is 35.4 Å². The van der Waals surface area contributed by atoms with Crippen molar-refractivity contribution in [3.63, 3.8) is 0 Å². The van der Waals surface area contributed by atoms with Crippen molar-refractivity contribution in [1.82, 2.24) is 4.90 Å². The number of aliphatic hydroxyl groups is 1. The lowest BCUT2D eigenvalue weighted by molar-refractivity contribution is 0.00464. The summed E-state index contributed by atoms with van der Waals surface area (Å²) < 4.78 is 5.17. The van der Waals surface area contributed by atoms with E-state index in [-0.39, 0.29) is 12.0 Å². The highest BCUT2D eigenvalue weighted by Crippen LogP contribution is 2.33. The van der Waals surface area contributed by atoms with E-state index in [4.69, 9.17) is 4.74 Å². The molecule has 0 aromatic heterocycles. The normalized spacial score (nSPS) is 22.6. The Morgan fingerprint density at radius 1 is 1.41 bits per heavy atom. The molecule has 0 amide bonds. The highest BCUT2D eigenvalue weighted by Gasteiger charge is 2.34. The summed E-state index contributed by atoms with van der Waals surface area (Å²) in [7, 11) is 1.68. The van der Waals surface area contributed by atoms with Crippen molar-refractivity contribution in [1.29, 1.82) is 0 Å². The molecule has 1 aliphatic rings.